The van der Waals surface area contributed by atoms with Gasteiger partial charge in [-0.1, -0.05) is 6.42 Å². The summed E-state index contributed by atoms with van der Waals surface area (Å²) in [6, 6.07) is 0.277. The lowest BCUT2D eigenvalue weighted by Crippen LogP contribution is -2.42. The minimum absolute atomic E-state index is 0.0145. The molecule has 1 aliphatic carbocycles. The SMILES string of the molecule is Cc1ncc(C(=O)NC2CC2)c(C2CCCCN2CC(=O)N(C)C)n1. The van der Waals surface area contributed by atoms with Crippen molar-refractivity contribution in [1.29, 1.82) is 0 Å². The van der Waals surface area contributed by atoms with Crippen molar-refractivity contribution in [1.82, 2.24) is 25.1 Å². The van der Waals surface area contributed by atoms with Crippen LogP contribution in [0.2, 0.25) is 0 Å². The lowest BCUT2D eigenvalue weighted by molar-refractivity contribution is -0.130. The molecule has 1 aliphatic heterocycles. The predicted octanol–water partition coefficient (Wildman–Crippen LogP) is 1.29. The molecule has 3 rings (SSSR count). The molecule has 2 heterocycles. The molecule has 1 saturated carbocycles. The van der Waals surface area contributed by atoms with Crippen LogP contribution in [-0.4, -0.2) is 64.8 Å². The fourth-order valence-corrected chi connectivity index (χ4v) is 3.21. The molecular formula is C18H27N5O2. The second-order valence-corrected chi connectivity index (χ2v) is 7.23. The maximum Gasteiger partial charge on any atom is 0.254 e. The molecule has 136 valence electrons. The van der Waals surface area contributed by atoms with Crippen LogP contribution in [0.5, 0.6) is 0 Å². The van der Waals surface area contributed by atoms with E-state index in [1.165, 1.54) is 0 Å². The van der Waals surface area contributed by atoms with Gasteiger partial charge in [0.15, 0.2) is 0 Å². The lowest BCUT2D eigenvalue weighted by atomic mass is 9.96. The molecule has 7 heteroatoms. The molecule has 7 nitrogen and oxygen atoms in total. The average Bonchev–Trinajstić information content (AvgIpc) is 3.39. The van der Waals surface area contributed by atoms with Crippen molar-refractivity contribution in [2.24, 2.45) is 0 Å². The van der Waals surface area contributed by atoms with Gasteiger partial charge in [-0.15, -0.1) is 0 Å². The van der Waals surface area contributed by atoms with Gasteiger partial charge in [-0.25, -0.2) is 9.97 Å². The quantitative estimate of drug-likeness (QED) is 0.870. The van der Waals surface area contributed by atoms with Crippen LogP contribution in [0.1, 0.15) is 60.0 Å². The van der Waals surface area contributed by atoms with Crippen LogP contribution in [0.4, 0.5) is 0 Å². The number of nitrogens with zero attached hydrogens (tertiary/aromatic N) is 4. The number of likely N-dealkylation sites (tertiary alicyclic amines) is 1. The van der Waals surface area contributed by atoms with Gasteiger partial charge in [-0.2, -0.15) is 0 Å². The number of likely N-dealkylation sites (N-methyl/N-ethyl adjacent to an activating group) is 1. The van der Waals surface area contributed by atoms with Crippen molar-refractivity contribution in [3.05, 3.63) is 23.3 Å². The number of amides is 2. The number of carbonyl (C=O) groups is 2. The van der Waals surface area contributed by atoms with E-state index in [-0.39, 0.29) is 17.9 Å². The van der Waals surface area contributed by atoms with Gasteiger partial charge in [-0.05, 0) is 39.2 Å². The second-order valence-electron chi connectivity index (χ2n) is 7.23. The highest BCUT2D eigenvalue weighted by atomic mass is 16.2. The molecule has 25 heavy (non-hydrogen) atoms. The second kappa shape index (κ2) is 7.47. The first-order valence-corrected chi connectivity index (χ1v) is 9.04. The topological polar surface area (TPSA) is 78.4 Å². The zero-order chi connectivity index (χ0) is 18.0. The molecule has 0 spiro atoms. The third-order valence-corrected chi connectivity index (χ3v) is 4.86. The number of rotatable bonds is 5. The first kappa shape index (κ1) is 17.8. The molecule has 1 unspecified atom stereocenters. The number of aryl methyl sites for hydroxylation is 1. The van der Waals surface area contributed by atoms with E-state index in [1.807, 2.05) is 6.92 Å². The third kappa shape index (κ3) is 4.34. The van der Waals surface area contributed by atoms with Crippen molar-refractivity contribution >= 4 is 11.8 Å². The summed E-state index contributed by atoms with van der Waals surface area (Å²) >= 11 is 0. The molecular weight excluding hydrogens is 318 g/mol. The Hall–Kier alpha value is -2.02. The van der Waals surface area contributed by atoms with E-state index in [1.54, 1.807) is 25.2 Å². The molecule has 2 fully saturated rings. The Morgan fingerprint density at radius 1 is 1.28 bits per heavy atom. The summed E-state index contributed by atoms with van der Waals surface area (Å²) in [4.78, 5) is 37.4. The zero-order valence-electron chi connectivity index (χ0n) is 15.3. The van der Waals surface area contributed by atoms with Crippen molar-refractivity contribution in [3.8, 4) is 0 Å². The zero-order valence-corrected chi connectivity index (χ0v) is 15.3. The highest BCUT2D eigenvalue weighted by Crippen LogP contribution is 2.32. The number of carbonyl (C=O) groups excluding carboxylic acids is 2. The summed E-state index contributed by atoms with van der Waals surface area (Å²) in [5, 5.41) is 3.03. The molecule has 2 amide bonds. The van der Waals surface area contributed by atoms with Crippen LogP contribution in [0.25, 0.3) is 0 Å². The summed E-state index contributed by atoms with van der Waals surface area (Å²) in [6.45, 7) is 3.03. The van der Waals surface area contributed by atoms with Crippen LogP contribution < -0.4 is 5.32 Å². The highest BCUT2D eigenvalue weighted by Gasteiger charge is 2.32. The Morgan fingerprint density at radius 2 is 2.04 bits per heavy atom. The van der Waals surface area contributed by atoms with E-state index in [0.29, 0.717) is 24.0 Å². The lowest BCUT2D eigenvalue weighted by Gasteiger charge is -2.36. The van der Waals surface area contributed by atoms with E-state index < -0.39 is 0 Å². The molecule has 0 radical (unpaired) electrons. The van der Waals surface area contributed by atoms with Crippen LogP contribution >= 0.6 is 0 Å². The summed E-state index contributed by atoms with van der Waals surface area (Å²) in [6.07, 6.45) is 6.76. The third-order valence-electron chi connectivity index (χ3n) is 4.86. The van der Waals surface area contributed by atoms with E-state index in [2.05, 4.69) is 20.2 Å². The molecule has 1 aromatic heterocycles. The van der Waals surface area contributed by atoms with Crippen molar-refractivity contribution in [3.63, 3.8) is 0 Å². The summed E-state index contributed by atoms with van der Waals surface area (Å²) in [7, 11) is 3.54. The highest BCUT2D eigenvalue weighted by molar-refractivity contribution is 5.95. The van der Waals surface area contributed by atoms with Crippen LogP contribution in [-0.2, 0) is 4.79 Å². The Balaban J connectivity index is 1.87. The Kier molecular flexibility index (Phi) is 5.32. The maximum atomic E-state index is 12.6. The van der Waals surface area contributed by atoms with E-state index >= 15 is 0 Å². The number of hydrogen-bond acceptors (Lipinski definition) is 5. The van der Waals surface area contributed by atoms with Gasteiger partial charge in [0.1, 0.15) is 5.82 Å². The van der Waals surface area contributed by atoms with Crippen molar-refractivity contribution < 1.29 is 9.59 Å². The molecule has 0 bridgehead atoms. The molecule has 2 aliphatic rings. The first-order chi connectivity index (χ1) is 12.0. The van der Waals surface area contributed by atoms with Gasteiger partial charge in [0, 0.05) is 26.3 Å². The van der Waals surface area contributed by atoms with Crippen LogP contribution in [0.15, 0.2) is 6.20 Å². The van der Waals surface area contributed by atoms with E-state index in [9.17, 15) is 9.59 Å². The van der Waals surface area contributed by atoms with Crippen LogP contribution in [0, 0.1) is 6.92 Å². The van der Waals surface area contributed by atoms with Crippen LogP contribution in [0.3, 0.4) is 0 Å². The van der Waals surface area contributed by atoms with Gasteiger partial charge >= 0.3 is 0 Å². The minimum Gasteiger partial charge on any atom is -0.349 e. The van der Waals surface area contributed by atoms with E-state index in [0.717, 1.165) is 44.3 Å². The normalized spacial score (nSPS) is 21.0. The number of piperidine rings is 1. The molecule has 0 aromatic carbocycles. The molecule has 1 atom stereocenters. The number of hydrogen-bond donors (Lipinski definition) is 1. The summed E-state index contributed by atoms with van der Waals surface area (Å²) < 4.78 is 0. The van der Waals surface area contributed by atoms with E-state index in [4.69, 9.17) is 0 Å². The van der Waals surface area contributed by atoms with Crippen molar-refractivity contribution in [2.75, 3.05) is 27.2 Å². The average molecular weight is 345 g/mol. The standard InChI is InChI=1S/C18H27N5O2/c1-12-19-10-14(18(25)21-13-7-8-13)17(20-12)15-6-4-5-9-23(15)11-16(24)22(2)3/h10,13,15H,4-9,11H2,1-3H3,(H,21,25). The minimum atomic E-state index is -0.0954. The largest absolute Gasteiger partial charge is 0.349 e. The van der Waals surface area contributed by atoms with Gasteiger partial charge in [0.2, 0.25) is 5.91 Å². The Labute approximate surface area is 148 Å². The van der Waals surface area contributed by atoms with Gasteiger partial charge in [0.25, 0.3) is 5.91 Å². The fourth-order valence-electron chi connectivity index (χ4n) is 3.21. The summed E-state index contributed by atoms with van der Waals surface area (Å²) in [5.74, 6) is 0.631. The molecule has 1 aromatic rings. The number of nitrogens with one attached hydrogen (secondary N) is 1. The number of aromatic nitrogens is 2. The van der Waals surface area contributed by atoms with Gasteiger partial charge in [-0.3, -0.25) is 14.5 Å². The van der Waals surface area contributed by atoms with Gasteiger partial charge < -0.3 is 10.2 Å². The summed E-state index contributed by atoms with van der Waals surface area (Å²) in [5.41, 5.74) is 1.31. The smallest absolute Gasteiger partial charge is 0.254 e. The Bertz CT molecular complexity index is 657. The molecule has 1 N–H and O–H groups in total. The fraction of sp³-hybridized carbons (Fsp3) is 0.667. The Morgan fingerprint density at radius 3 is 2.72 bits per heavy atom. The maximum absolute atomic E-state index is 12.6. The van der Waals surface area contributed by atoms with Crippen molar-refractivity contribution in [2.45, 2.75) is 51.1 Å². The van der Waals surface area contributed by atoms with Gasteiger partial charge in [0.05, 0.1) is 23.8 Å². The first-order valence-electron chi connectivity index (χ1n) is 9.04. The monoisotopic (exact) mass is 345 g/mol. The molecule has 1 saturated heterocycles. The predicted molar refractivity (Wildman–Crippen MR) is 94.1 cm³/mol.